The van der Waals surface area contributed by atoms with Gasteiger partial charge in [-0.2, -0.15) is 0 Å². The number of anilines is 2. The smallest absolute Gasteiger partial charge is 0.257 e. The zero-order chi connectivity index (χ0) is 16.4. The largest absolute Gasteiger partial charge is 0.367 e. The van der Waals surface area contributed by atoms with Gasteiger partial charge < -0.3 is 4.90 Å². The Hall–Kier alpha value is -2.73. The van der Waals surface area contributed by atoms with E-state index in [0.29, 0.717) is 10.7 Å². The van der Waals surface area contributed by atoms with Crippen molar-refractivity contribution in [2.45, 2.75) is 13.0 Å². The number of nitrogens with one attached hydrogen (secondary N) is 1. The lowest BCUT2D eigenvalue weighted by atomic mass is 9.99. The highest BCUT2D eigenvalue weighted by Gasteiger charge is 2.16. The van der Waals surface area contributed by atoms with Crippen LogP contribution >= 0.6 is 11.3 Å². The van der Waals surface area contributed by atoms with Gasteiger partial charge in [-0.3, -0.25) is 10.1 Å². The number of hydrogen-bond donors (Lipinski definition) is 1. The molecule has 0 atom stereocenters. The van der Waals surface area contributed by atoms with Crippen LogP contribution in [-0.2, 0) is 13.0 Å². The summed E-state index contributed by atoms with van der Waals surface area (Å²) in [5.41, 5.74) is 6.15. The summed E-state index contributed by atoms with van der Waals surface area (Å²) >= 11 is 1.30. The maximum absolute atomic E-state index is 12.2. The molecule has 1 aliphatic rings. The first-order valence-corrected chi connectivity index (χ1v) is 8.67. The Morgan fingerprint density at radius 2 is 1.88 bits per heavy atom. The van der Waals surface area contributed by atoms with Crippen LogP contribution in [-0.4, -0.2) is 22.6 Å². The fourth-order valence-electron chi connectivity index (χ4n) is 2.94. The van der Waals surface area contributed by atoms with Gasteiger partial charge in [0, 0.05) is 24.3 Å². The van der Waals surface area contributed by atoms with Crippen LogP contribution in [0, 0.1) is 0 Å². The van der Waals surface area contributed by atoms with Crippen molar-refractivity contribution >= 4 is 28.1 Å². The molecule has 5 nitrogen and oxygen atoms in total. The van der Waals surface area contributed by atoms with Crippen molar-refractivity contribution in [3.63, 3.8) is 0 Å². The second-order valence-corrected chi connectivity index (χ2v) is 6.52. The second kappa shape index (κ2) is 6.41. The molecule has 6 heteroatoms. The first-order valence-electron chi connectivity index (χ1n) is 7.79. The maximum Gasteiger partial charge on any atom is 0.257 e. The molecular formula is C18H16N4OS. The van der Waals surface area contributed by atoms with Crippen LogP contribution in [0.25, 0.3) is 0 Å². The van der Waals surface area contributed by atoms with E-state index in [1.54, 1.807) is 5.51 Å². The molecule has 0 saturated heterocycles. The first kappa shape index (κ1) is 14.8. The molecule has 1 N–H and O–H groups in total. The highest BCUT2D eigenvalue weighted by atomic mass is 32.1. The Morgan fingerprint density at radius 1 is 1.08 bits per heavy atom. The molecule has 0 unspecified atom stereocenters. The summed E-state index contributed by atoms with van der Waals surface area (Å²) in [6.07, 6.45) is 1.05. The average molecular weight is 336 g/mol. The molecule has 0 saturated carbocycles. The molecule has 0 fully saturated rings. The molecule has 24 heavy (non-hydrogen) atoms. The molecule has 1 aromatic heterocycles. The fourth-order valence-corrected chi connectivity index (χ4v) is 3.38. The van der Waals surface area contributed by atoms with E-state index in [2.05, 4.69) is 44.7 Å². The number of carbonyl (C=O) groups is 1. The van der Waals surface area contributed by atoms with E-state index in [4.69, 9.17) is 0 Å². The predicted molar refractivity (Wildman–Crippen MR) is 95.5 cm³/mol. The van der Waals surface area contributed by atoms with Crippen LogP contribution in [0.4, 0.5) is 10.8 Å². The molecule has 1 aliphatic heterocycles. The minimum Gasteiger partial charge on any atom is -0.367 e. The molecule has 0 radical (unpaired) electrons. The minimum absolute atomic E-state index is 0.165. The lowest BCUT2D eigenvalue weighted by Crippen LogP contribution is -2.30. The van der Waals surface area contributed by atoms with Crippen LogP contribution in [0.5, 0.6) is 0 Å². The van der Waals surface area contributed by atoms with Crippen LogP contribution in [0.3, 0.4) is 0 Å². The zero-order valence-electron chi connectivity index (χ0n) is 13.0. The van der Waals surface area contributed by atoms with Crippen molar-refractivity contribution in [1.82, 2.24) is 10.2 Å². The molecule has 120 valence electrons. The van der Waals surface area contributed by atoms with Gasteiger partial charge in [0.25, 0.3) is 5.91 Å². The van der Waals surface area contributed by atoms with E-state index in [-0.39, 0.29) is 5.91 Å². The van der Waals surface area contributed by atoms with Gasteiger partial charge in [-0.05, 0) is 41.8 Å². The third-order valence-electron chi connectivity index (χ3n) is 4.21. The Kier molecular flexibility index (Phi) is 3.96. The predicted octanol–water partition coefficient (Wildman–Crippen LogP) is 3.35. The van der Waals surface area contributed by atoms with Crippen LogP contribution < -0.4 is 10.2 Å². The van der Waals surface area contributed by atoms with E-state index >= 15 is 0 Å². The summed E-state index contributed by atoms with van der Waals surface area (Å²) < 4.78 is 0. The molecule has 0 bridgehead atoms. The number of nitrogens with zero attached hydrogens (tertiary/aromatic N) is 3. The van der Waals surface area contributed by atoms with Crippen molar-refractivity contribution in [3.8, 4) is 0 Å². The molecule has 0 spiro atoms. The number of carbonyl (C=O) groups excluding carboxylic acids is 1. The third kappa shape index (κ3) is 3.00. The quantitative estimate of drug-likeness (QED) is 0.797. The minimum atomic E-state index is -0.165. The van der Waals surface area contributed by atoms with E-state index in [1.807, 2.05) is 24.3 Å². The normalized spacial score (nSPS) is 13.4. The summed E-state index contributed by atoms with van der Waals surface area (Å²) in [4.78, 5) is 14.5. The molecule has 3 aromatic rings. The monoisotopic (exact) mass is 336 g/mol. The second-order valence-electron chi connectivity index (χ2n) is 5.69. The van der Waals surface area contributed by atoms with Crippen molar-refractivity contribution in [2.24, 2.45) is 0 Å². The number of benzene rings is 2. The van der Waals surface area contributed by atoms with Gasteiger partial charge in [0.15, 0.2) is 0 Å². The lowest BCUT2D eigenvalue weighted by Gasteiger charge is -2.30. The van der Waals surface area contributed by atoms with Gasteiger partial charge in [0.05, 0.1) is 0 Å². The van der Waals surface area contributed by atoms with E-state index in [1.165, 1.54) is 22.5 Å². The first-order chi connectivity index (χ1) is 11.8. The number of fused-ring (bicyclic) bond motifs is 1. The van der Waals surface area contributed by atoms with Crippen LogP contribution in [0.15, 0.2) is 54.0 Å². The molecule has 0 aliphatic carbocycles. The van der Waals surface area contributed by atoms with Gasteiger partial charge in [-0.25, -0.2) is 0 Å². The molecule has 2 aromatic carbocycles. The van der Waals surface area contributed by atoms with E-state index < -0.39 is 0 Å². The van der Waals surface area contributed by atoms with E-state index in [0.717, 1.165) is 25.2 Å². The molecular weight excluding hydrogens is 320 g/mol. The average Bonchev–Trinajstić information content (AvgIpc) is 3.14. The SMILES string of the molecule is O=C(Nc1nncs1)c1ccc(N2CCc3ccccc3C2)cc1. The maximum atomic E-state index is 12.2. The summed E-state index contributed by atoms with van der Waals surface area (Å²) in [6, 6.07) is 16.3. The van der Waals surface area contributed by atoms with Gasteiger partial charge >= 0.3 is 0 Å². The Balaban J connectivity index is 1.47. The van der Waals surface area contributed by atoms with Crippen molar-refractivity contribution in [3.05, 3.63) is 70.7 Å². The summed E-state index contributed by atoms with van der Waals surface area (Å²) in [5, 5.41) is 10.8. The van der Waals surface area contributed by atoms with Gasteiger partial charge in [-0.1, -0.05) is 35.6 Å². The van der Waals surface area contributed by atoms with Crippen molar-refractivity contribution in [1.29, 1.82) is 0 Å². The fraction of sp³-hybridized carbons (Fsp3) is 0.167. The summed E-state index contributed by atoms with van der Waals surface area (Å²) in [5.74, 6) is -0.165. The van der Waals surface area contributed by atoms with Gasteiger partial charge in [0.2, 0.25) is 5.13 Å². The number of rotatable bonds is 3. The summed E-state index contributed by atoms with van der Waals surface area (Å²) in [7, 11) is 0. The zero-order valence-corrected chi connectivity index (χ0v) is 13.8. The van der Waals surface area contributed by atoms with Crippen molar-refractivity contribution < 1.29 is 4.79 Å². The third-order valence-corrected chi connectivity index (χ3v) is 4.81. The van der Waals surface area contributed by atoms with Gasteiger partial charge in [-0.15, -0.1) is 10.2 Å². The van der Waals surface area contributed by atoms with Crippen molar-refractivity contribution in [2.75, 3.05) is 16.8 Å². The van der Waals surface area contributed by atoms with Crippen LogP contribution in [0.1, 0.15) is 21.5 Å². The Bertz CT molecular complexity index is 846. The van der Waals surface area contributed by atoms with Crippen LogP contribution in [0.2, 0.25) is 0 Å². The lowest BCUT2D eigenvalue weighted by molar-refractivity contribution is 0.102. The standard InChI is InChI=1S/C18H16N4OS/c23-17(20-18-21-19-12-24-18)14-5-7-16(8-6-14)22-10-9-13-3-1-2-4-15(13)11-22/h1-8,12H,9-11H2,(H,20,21,23). The molecule has 4 rings (SSSR count). The highest BCUT2D eigenvalue weighted by Crippen LogP contribution is 2.24. The Morgan fingerprint density at radius 3 is 2.62 bits per heavy atom. The van der Waals surface area contributed by atoms with E-state index in [9.17, 15) is 4.79 Å². The number of amides is 1. The number of aromatic nitrogens is 2. The topological polar surface area (TPSA) is 58.1 Å². The molecule has 1 amide bonds. The number of hydrogen-bond acceptors (Lipinski definition) is 5. The highest BCUT2D eigenvalue weighted by molar-refractivity contribution is 7.13. The summed E-state index contributed by atoms with van der Waals surface area (Å²) in [6.45, 7) is 1.90. The van der Waals surface area contributed by atoms with Gasteiger partial charge in [0.1, 0.15) is 5.51 Å². The Labute approximate surface area is 144 Å². The molecule has 2 heterocycles.